The van der Waals surface area contributed by atoms with Crippen LogP contribution in [0.2, 0.25) is 0 Å². The van der Waals surface area contributed by atoms with Gasteiger partial charge in [-0.15, -0.1) is 0 Å². The van der Waals surface area contributed by atoms with Crippen molar-refractivity contribution in [3.63, 3.8) is 0 Å². The van der Waals surface area contributed by atoms with E-state index in [1.54, 1.807) is 27.9 Å². The number of alkyl carbamates (subject to hydrolysis) is 1. The van der Waals surface area contributed by atoms with Gasteiger partial charge in [0.1, 0.15) is 12.1 Å². The van der Waals surface area contributed by atoms with Crippen molar-refractivity contribution in [1.82, 2.24) is 5.32 Å². The summed E-state index contributed by atoms with van der Waals surface area (Å²) in [5.74, 6) is -0.988. The second kappa shape index (κ2) is 8.98. The minimum Gasteiger partial charge on any atom is -0.464 e. The van der Waals surface area contributed by atoms with Gasteiger partial charge in [-0.05, 0) is 65.2 Å². The highest BCUT2D eigenvalue weighted by molar-refractivity contribution is 5.77. The van der Waals surface area contributed by atoms with Crippen molar-refractivity contribution < 1.29 is 38.3 Å². The number of esters is 1. The van der Waals surface area contributed by atoms with E-state index in [0.29, 0.717) is 6.42 Å². The fraction of sp³-hybridized carbons (Fsp3) is 0.905. The number of amides is 1. The SMILES string of the molecule is CO[C@H]1O[C@]2(C)CC[C@H]3CCC[C@@H](CCOC(=O)CNC(=O)OC(C)(C)C)[C@]31OO2. The Balaban J connectivity index is 1.53. The highest BCUT2D eigenvalue weighted by Crippen LogP contribution is 2.55. The second-order valence-electron chi connectivity index (χ2n) is 9.57. The minimum absolute atomic E-state index is 0.0652. The zero-order valence-electron chi connectivity index (χ0n) is 18.7. The van der Waals surface area contributed by atoms with Gasteiger partial charge in [0.15, 0.2) is 11.9 Å². The molecule has 3 aliphatic heterocycles. The molecule has 5 atom stereocenters. The van der Waals surface area contributed by atoms with Crippen molar-refractivity contribution in [3.05, 3.63) is 0 Å². The third-order valence-corrected chi connectivity index (χ3v) is 6.13. The summed E-state index contributed by atoms with van der Waals surface area (Å²) in [4.78, 5) is 35.4. The summed E-state index contributed by atoms with van der Waals surface area (Å²) in [5, 5.41) is 2.41. The Hall–Kier alpha value is -1.42. The molecule has 30 heavy (non-hydrogen) atoms. The van der Waals surface area contributed by atoms with Gasteiger partial charge in [0, 0.05) is 13.5 Å². The molecule has 4 rings (SSSR count). The first-order valence-electron chi connectivity index (χ1n) is 10.8. The largest absolute Gasteiger partial charge is 0.464 e. The number of carbonyl (C=O) groups is 2. The summed E-state index contributed by atoms with van der Waals surface area (Å²) in [6.07, 6.45) is 4.11. The van der Waals surface area contributed by atoms with Gasteiger partial charge in [0.2, 0.25) is 5.79 Å². The maximum absolute atomic E-state index is 12.0. The molecule has 1 N–H and O–H groups in total. The van der Waals surface area contributed by atoms with Crippen molar-refractivity contribution in [2.75, 3.05) is 20.3 Å². The van der Waals surface area contributed by atoms with Gasteiger partial charge in [-0.2, -0.15) is 0 Å². The van der Waals surface area contributed by atoms with Gasteiger partial charge >= 0.3 is 12.1 Å². The number of ether oxygens (including phenoxy) is 4. The Morgan fingerprint density at radius 1 is 1.17 bits per heavy atom. The van der Waals surface area contributed by atoms with E-state index in [1.165, 1.54) is 0 Å². The van der Waals surface area contributed by atoms with Crippen LogP contribution in [0.15, 0.2) is 0 Å². The van der Waals surface area contributed by atoms with Crippen LogP contribution in [0, 0.1) is 11.8 Å². The monoisotopic (exact) mass is 429 g/mol. The zero-order valence-corrected chi connectivity index (χ0v) is 18.7. The molecule has 9 heteroatoms. The van der Waals surface area contributed by atoms with Crippen molar-refractivity contribution in [3.8, 4) is 0 Å². The lowest BCUT2D eigenvalue weighted by Crippen LogP contribution is -2.63. The smallest absolute Gasteiger partial charge is 0.408 e. The molecule has 0 unspecified atom stereocenters. The number of nitrogens with one attached hydrogen (secondary N) is 1. The minimum atomic E-state index is -0.798. The van der Waals surface area contributed by atoms with Gasteiger partial charge in [0.05, 0.1) is 6.61 Å². The van der Waals surface area contributed by atoms with E-state index in [1.807, 2.05) is 6.92 Å². The molecule has 1 saturated carbocycles. The van der Waals surface area contributed by atoms with E-state index in [0.717, 1.165) is 32.1 Å². The quantitative estimate of drug-likeness (QED) is 0.508. The van der Waals surface area contributed by atoms with Crippen molar-refractivity contribution in [1.29, 1.82) is 0 Å². The van der Waals surface area contributed by atoms with Crippen LogP contribution in [0.3, 0.4) is 0 Å². The lowest BCUT2D eigenvalue weighted by atomic mass is 9.65. The molecule has 2 bridgehead atoms. The molecule has 1 aliphatic carbocycles. The maximum atomic E-state index is 12.0. The molecule has 0 radical (unpaired) electrons. The average molecular weight is 430 g/mol. The molecule has 9 nitrogen and oxygen atoms in total. The third-order valence-electron chi connectivity index (χ3n) is 6.13. The van der Waals surface area contributed by atoms with E-state index < -0.39 is 35.3 Å². The third kappa shape index (κ3) is 5.07. The Kier molecular flexibility index (Phi) is 6.96. The highest BCUT2D eigenvalue weighted by atomic mass is 17.3. The van der Waals surface area contributed by atoms with Crippen molar-refractivity contribution in [2.45, 2.75) is 89.5 Å². The Morgan fingerprint density at radius 2 is 1.93 bits per heavy atom. The lowest BCUT2D eigenvalue weighted by Gasteiger charge is -2.53. The average Bonchev–Trinajstić information content (AvgIpc) is 2.90. The van der Waals surface area contributed by atoms with Crippen LogP contribution in [0.25, 0.3) is 0 Å². The van der Waals surface area contributed by atoms with Crippen molar-refractivity contribution >= 4 is 12.1 Å². The molecule has 0 aromatic heterocycles. The summed E-state index contributed by atoms with van der Waals surface area (Å²) < 4.78 is 22.3. The molecular weight excluding hydrogens is 394 g/mol. The number of fused-ring (bicyclic) bond motifs is 3. The molecule has 0 aromatic carbocycles. The topological polar surface area (TPSA) is 102 Å². The predicted octanol–water partition coefficient (Wildman–Crippen LogP) is 3.06. The standard InChI is InChI=1S/C21H35NO8/c1-19(2,3)28-18(24)22-13-16(23)26-12-10-15-8-6-7-14-9-11-20(4)27-17(25-5)21(14,15)30-29-20/h14-15,17H,6-13H2,1-5H3,(H,22,24)/t14-,15+,17+,20+,21-/m1/s1. The highest BCUT2D eigenvalue weighted by Gasteiger charge is 2.63. The Morgan fingerprint density at radius 3 is 2.63 bits per heavy atom. The first kappa shape index (κ1) is 23.2. The number of carbonyl (C=O) groups excluding carboxylic acids is 2. The normalized spacial score (nSPS) is 35.8. The maximum Gasteiger partial charge on any atom is 0.408 e. The molecule has 4 aliphatic rings. The molecule has 3 saturated heterocycles. The first-order chi connectivity index (χ1) is 14.1. The molecule has 172 valence electrons. The fourth-order valence-corrected chi connectivity index (χ4v) is 4.79. The fourth-order valence-electron chi connectivity index (χ4n) is 4.79. The molecule has 4 fully saturated rings. The van der Waals surface area contributed by atoms with Crippen LogP contribution in [-0.2, 0) is 33.5 Å². The van der Waals surface area contributed by atoms with E-state index >= 15 is 0 Å². The van der Waals surface area contributed by atoms with Gasteiger partial charge in [-0.25, -0.2) is 14.6 Å². The molecule has 0 aromatic rings. The van der Waals surface area contributed by atoms with Crippen LogP contribution < -0.4 is 5.32 Å². The number of hydrogen-bond acceptors (Lipinski definition) is 8. The number of rotatable bonds is 6. The molecule has 1 amide bonds. The van der Waals surface area contributed by atoms with Crippen LogP contribution in [-0.4, -0.2) is 55.6 Å². The summed E-state index contributed by atoms with van der Waals surface area (Å²) in [5.41, 5.74) is -1.33. The van der Waals surface area contributed by atoms with Gasteiger partial charge in [-0.1, -0.05) is 6.42 Å². The van der Waals surface area contributed by atoms with Crippen LogP contribution in [0.4, 0.5) is 4.79 Å². The van der Waals surface area contributed by atoms with Gasteiger partial charge in [0.25, 0.3) is 0 Å². The Labute approximate surface area is 178 Å². The summed E-state index contributed by atoms with van der Waals surface area (Å²) in [6.45, 7) is 7.11. The Bertz CT molecular complexity index is 635. The van der Waals surface area contributed by atoms with Crippen LogP contribution in [0.5, 0.6) is 0 Å². The van der Waals surface area contributed by atoms with Crippen molar-refractivity contribution in [2.24, 2.45) is 11.8 Å². The van der Waals surface area contributed by atoms with E-state index in [9.17, 15) is 9.59 Å². The molecule has 1 spiro atoms. The molecular formula is C21H35NO8. The van der Waals surface area contributed by atoms with Crippen LogP contribution in [0.1, 0.15) is 66.2 Å². The van der Waals surface area contributed by atoms with Gasteiger partial charge in [-0.3, -0.25) is 4.79 Å². The summed E-state index contributed by atoms with van der Waals surface area (Å²) in [7, 11) is 1.62. The van der Waals surface area contributed by atoms with E-state index in [2.05, 4.69) is 5.32 Å². The summed E-state index contributed by atoms with van der Waals surface area (Å²) in [6, 6.07) is 0. The predicted molar refractivity (Wildman–Crippen MR) is 105 cm³/mol. The van der Waals surface area contributed by atoms with E-state index in [4.69, 9.17) is 28.7 Å². The number of methoxy groups -OCH3 is 1. The number of hydrogen-bond donors (Lipinski definition) is 1. The van der Waals surface area contributed by atoms with Gasteiger partial charge < -0.3 is 24.3 Å². The van der Waals surface area contributed by atoms with E-state index in [-0.39, 0.29) is 25.0 Å². The molecule has 3 heterocycles. The lowest BCUT2D eigenvalue weighted by molar-refractivity contribution is -0.554. The summed E-state index contributed by atoms with van der Waals surface area (Å²) >= 11 is 0. The first-order valence-corrected chi connectivity index (χ1v) is 10.8. The second-order valence-corrected chi connectivity index (χ2v) is 9.57. The zero-order chi connectivity index (χ0) is 22.0. The van der Waals surface area contributed by atoms with Crippen LogP contribution >= 0.6 is 0 Å².